The predicted molar refractivity (Wildman–Crippen MR) is 121 cm³/mol. The van der Waals surface area contributed by atoms with Gasteiger partial charge in [0, 0.05) is 36.3 Å². The van der Waals surface area contributed by atoms with Crippen LogP contribution in [0, 0.1) is 20.8 Å². The number of alkyl halides is 3. The summed E-state index contributed by atoms with van der Waals surface area (Å²) < 4.78 is 45.0. The lowest BCUT2D eigenvalue weighted by molar-refractivity contribution is -0.141. The zero-order chi connectivity index (χ0) is 24.7. The van der Waals surface area contributed by atoms with E-state index in [0.29, 0.717) is 65.3 Å². The fourth-order valence-electron chi connectivity index (χ4n) is 3.75. The third kappa shape index (κ3) is 4.61. The van der Waals surface area contributed by atoms with Crippen molar-refractivity contribution in [1.29, 1.82) is 0 Å². The van der Waals surface area contributed by atoms with Crippen LogP contribution in [0.1, 0.15) is 34.6 Å². The third-order valence-electron chi connectivity index (χ3n) is 5.78. The van der Waals surface area contributed by atoms with E-state index in [-0.39, 0.29) is 6.10 Å². The van der Waals surface area contributed by atoms with E-state index >= 15 is 0 Å². The molecular weight excluding hydrogens is 461 g/mol. The summed E-state index contributed by atoms with van der Waals surface area (Å²) in [5.74, 6) is 1.05. The van der Waals surface area contributed by atoms with Gasteiger partial charge in [-0.2, -0.15) is 18.2 Å². The number of rotatable bonds is 3. The Kier molecular flexibility index (Phi) is 5.75. The lowest BCUT2D eigenvalue weighted by Gasteiger charge is -2.33. The van der Waals surface area contributed by atoms with E-state index in [1.54, 1.807) is 19.3 Å². The molecule has 1 atom stereocenters. The first-order valence-corrected chi connectivity index (χ1v) is 10.9. The van der Waals surface area contributed by atoms with Gasteiger partial charge in [-0.3, -0.25) is 4.98 Å². The predicted octanol–water partition coefficient (Wildman–Crippen LogP) is 3.79. The number of fused-ring (bicyclic) bond motifs is 1. The Hall–Kier alpha value is -3.80. The van der Waals surface area contributed by atoms with Crippen molar-refractivity contribution in [1.82, 2.24) is 34.9 Å². The van der Waals surface area contributed by atoms with E-state index in [0.717, 1.165) is 17.8 Å². The van der Waals surface area contributed by atoms with Crippen LogP contribution >= 0.6 is 0 Å². The number of halogens is 3. The Labute approximate surface area is 198 Å². The van der Waals surface area contributed by atoms with Gasteiger partial charge in [-0.25, -0.2) is 24.9 Å². The zero-order valence-electron chi connectivity index (χ0n) is 19.2. The third-order valence-corrected chi connectivity index (χ3v) is 5.78. The number of nitrogens with zero attached hydrogens (tertiary/aromatic N) is 8. The van der Waals surface area contributed by atoms with Crippen molar-refractivity contribution in [3.8, 4) is 11.3 Å². The normalized spacial score (nSPS) is 16.6. The van der Waals surface area contributed by atoms with Crippen molar-refractivity contribution < 1.29 is 17.9 Å². The molecular formula is C23H21F3N8O. The zero-order valence-corrected chi connectivity index (χ0v) is 19.2. The molecule has 4 aromatic rings. The number of ether oxygens (including phenoxy) is 1. The van der Waals surface area contributed by atoms with Crippen LogP contribution in [0.15, 0.2) is 30.7 Å². The highest BCUT2D eigenvalue weighted by Crippen LogP contribution is 2.32. The Bertz CT molecular complexity index is 1380. The summed E-state index contributed by atoms with van der Waals surface area (Å²) in [7, 11) is 0. The number of morpholine rings is 1. The van der Waals surface area contributed by atoms with Gasteiger partial charge >= 0.3 is 6.18 Å². The number of hydrogen-bond acceptors (Lipinski definition) is 9. The molecule has 5 rings (SSSR count). The molecule has 12 heteroatoms. The van der Waals surface area contributed by atoms with E-state index in [9.17, 15) is 13.2 Å². The second kappa shape index (κ2) is 8.77. The summed E-state index contributed by atoms with van der Waals surface area (Å²) in [5, 5.41) is 0. The average Bonchev–Trinajstić information content (AvgIpc) is 2.84. The molecule has 4 aromatic heterocycles. The summed E-state index contributed by atoms with van der Waals surface area (Å²) in [6.45, 7) is 6.84. The van der Waals surface area contributed by atoms with Crippen LogP contribution < -0.4 is 4.90 Å². The minimum absolute atomic E-state index is 0.286. The smallest absolute Gasteiger partial charge is 0.370 e. The molecule has 0 aromatic carbocycles. The fourth-order valence-corrected chi connectivity index (χ4v) is 3.75. The quantitative estimate of drug-likeness (QED) is 0.431. The van der Waals surface area contributed by atoms with Crippen LogP contribution in [0.3, 0.4) is 0 Å². The molecule has 0 spiro atoms. The topological polar surface area (TPSA) is 103 Å². The summed E-state index contributed by atoms with van der Waals surface area (Å²) in [5.41, 5.74) is 2.75. The lowest BCUT2D eigenvalue weighted by Crippen LogP contribution is -2.39. The largest absolute Gasteiger partial charge is 0.433 e. The molecule has 1 fully saturated rings. The monoisotopic (exact) mass is 482 g/mol. The van der Waals surface area contributed by atoms with Crippen molar-refractivity contribution in [2.24, 2.45) is 0 Å². The number of aryl methyl sites for hydroxylation is 3. The Morgan fingerprint density at radius 1 is 0.914 bits per heavy atom. The van der Waals surface area contributed by atoms with Crippen LogP contribution in [0.5, 0.6) is 0 Å². The maximum Gasteiger partial charge on any atom is 0.433 e. The first kappa shape index (κ1) is 23.0. The van der Waals surface area contributed by atoms with Crippen LogP contribution in [0.4, 0.5) is 19.1 Å². The molecule has 0 aliphatic carbocycles. The Balaban J connectivity index is 1.57. The second-order valence-electron chi connectivity index (χ2n) is 8.24. The van der Waals surface area contributed by atoms with Crippen molar-refractivity contribution >= 4 is 17.1 Å². The lowest BCUT2D eigenvalue weighted by atomic mass is 10.1. The van der Waals surface area contributed by atoms with E-state index in [1.165, 1.54) is 6.07 Å². The SMILES string of the molecule is Cc1ncc([C@@H]2CN(c3nc(-c4ccc(C(F)(F)F)nc4)c4nc(C)c(C)nc4n3)CCO2)cn1. The van der Waals surface area contributed by atoms with Gasteiger partial charge in [0.2, 0.25) is 5.95 Å². The molecule has 1 saturated heterocycles. The van der Waals surface area contributed by atoms with Gasteiger partial charge in [0.05, 0.1) is 24.5 Å². The van der Waals surface area contributed by atoms with Gasteiger partial charge in [0.25, 0.3) is 0 Å². The highest BCUT2D eigenvalue weighted by Gasteiger charge is 2.32. The minimum Gasteiger partial charge on any atom is -0.370 e. The highest BCUT2D eigenvalue weighted by molar-refractivity contribution is 5.87. The summed E-state index contributed by atoms with van der Waals surface area (Å²) in [6.07, 6.45) is -0.209. The average molecular weight is 482 g/mol. The second-order valence-corrected chi connectivity index (χ2v) is 8.24. The Morgan fingerprint density at radius 3 is 2.34 bits per heavy atom. The van der Waals surface area contributed by atoms with Crippen LogP contribution in [0.25, 0.3) is 22.4 Å². The van der Waals surface area contributed by atoms with Gasteiger partial charge in [-0.1, -0.05) is 0 Å². The standard InChI is InChI=1S/C23H21F3N8O/c1-12-13(2)31-21-20(30-12)19(15-4-5-18(29-8-15)23(24,25)26)32-22(33-21)34-6-7-35-17(11-34)16-9-27-14(3)28-10-16/h4-5,8-10,17H,6-7,11H2,1-3H3/t17-/m0/s1. The van der Waals surface area contributed by atoms with Crippen molar-refractivity contribution in [3.05, 3.63) is 59.2 Å². The molecule has 1 aliphatic rings. The van der Waals surface area contributed by atoms with Crippen molar-refractivity contribution in [3.63, 3.8) is 0 Å². The summed E-state index contributed by atoms with van der Waals surface area (Å²) in [6, 6.07) is 2.27. The van der Waals surface area contributed by atoms with Crippen LogP contribution in [-0.4, -0.2) is 54.6 Å². The van der Waals surface area contributed by atoms with Gasteiger partial charge in [-0.15, -0.1) is 0 Å². The molecule has 0 unspecified atom stereocenters. The molecule has 9 nitrogen and oxygen atoms in total. The molecule has 0 saturated carbocycles. The van der Waals surface area contributed by atoms with Crippen molar-refractivity contribution in [2.75, 3.05) is 24.6 Å². The molecule has 0 amide bonds. The number of aromatic nitrogens is 7. The van der Waals surface area contributed by atoms with E-state index < -0.39 is 11.9 Å². The van der Waals surface area contributed by atoms with Crippen LogP contribution in [0.2, 0.25) is 0 Å². The first-order valence-electron chi connectivity index (χ1n) is 10.9. The molecule has 5 heterocycles. The Morgan fingerprint density at radius 2 is 1.66 bits per heavy atom. The van der Waals surface area contributed by atoms with Gasteiger partial charge in [0.15, 0.2) is 5.65 Å². The van der Waals surface area contributed by atoms with E-state index in [4.69, 9.17) is 9.72 Å². The summed E-state index contributed by atoms with van der Waals surface area (Å²) in [4.78, 5) is 32.5. The van der Waals surface area contributed by atoms with E-state index in [2.05, 4.69) is 29.9 Å². The summed E-state index contributed by atoms with van der Waals surface area (Å²) >= 11 is 0. The number of anilines is 1. The first-order chi connectivity index (χ1) is 16.7. The number of pyridine rings is 1. The van der Waals surface area contributed by atoms with Gasteiger partial charge in [-0.05, 0) is 32.9 Å². The minimum atomic E-state index is -4.53. The molecule has 1 aliphatic heterocycles. The van der Waals surface area contributed by atoms with E-state index in [1.807, 2.05) is 18.7 Å². The van der Waals surface area contributed by atoms with Gasteiger partial charge < -0.3 is 9.64 Å². The maximum atomic E-state index is 13.0. The molecule has 0 radical (unpaired) electrons. The highest BCUT2D eigenvalue weighted by atomic mass is 19.4. The molecule has 0 N–H and O–H groups in total. The molecule has 35 heavy (non-hydrogen) atoms. The fraction of sp³-hybridized carbons (Fsp3) is 0.348. The number of hydrogen-bond donors (Lipinski definition) is 0. The van der Waals surface area contributed by atoms with Gasteiger partial charge in [0.1, 0.15) is 28.8 Å². The maximum absolute atomic E-state index is 13.0. The van der Waals surface area contributed by atoms with Crippen LogP contribution in [-0.2, 0) is 10.9 Å². The molecule has 0 bridgehead atoms. The molecule has 180 valence electrons. The van der Waals surface area contributed by atoms with Crippen molar-refractivity contribution in [2.45, 2.75) is 33.1 Å².